The van der Waals surface area contributed by atoms with Gasteiger partial charge in [0, 0.05) is 16.8 Å². The van der Waals surface area contributed by atoms with Crippen molar-refractivity contribution in [3.8, 4) is 0 Å². The lowest BCUT2D eigenvalue weighted by Gasteiger charge is -2.04. The smallest absolute Gasteiger partial charge is 0.152 e. The maximum absolute atomic E-state index is 10.5. The summed E-state index contributed by atoms with van der Waals surface area (Å²) in [4.78, 5) is 10.5. The van der Waals surface area contributed by atoms with Crippen LogP contribution in [0.2, 0.25) is 5.02 Å². The molecule has 12 heavy (non-hydrogen) atoms. The van der Waals surface area contributed by atoms with E-state index in [2.05, 4.69) is 4.72 Å². The summed E-state index contributed by atoms with van der Waals surface area (Å²) in [6, 6.07) is 5.16. The molecule has 0 aliphatic heterocycles. The summed E-state index contributed by atoms with van der Waals surface area (Å²) in [5.41, 5.74) is 1.37. The van der Waals surface area contributed by atoms with Gasteiger partial charge in [-0.2, -0.15) is 0 Å². The van der Waals surface area contributed by atoms with E-state index in [4.69, 9.17) is 11.6 Å². The first-order valence-corrected chi connectivity index (χ1v) is 4.92. The maximum atomic E-state index is 10.5. The topological polar surface area (TPSA) is 29.1 Å². The van der Waals surface area contributed by atoms with Gasteiger partial charge in [-0.1, -0.05) is 23.5 Å². The zero-order chi connectivity index (χ0) is 8.97. The molecule has 2 nitrogen and oxygen atoms in total. The fraction of sp³-hybridized carbons (Fsp3) is 0.125. The highest BCUT2D eigenvalue weighted by atomic mass is 35.5. The van der Waals surface area contributed by atoms with Crippen molar-refractivity contribution in [2.24, 2.45) is 0 Å². The molecule has 1 rings (SSSR count). The van der Waals surface area contributed by atoms with Crippen LogP contribution in [0.5, 0.6) is 0 Å². The van der Waals surface area contributed by atoms with Crippen molar-refractivity contribution in [2.75, 3.05) is 11.0 Å². The Balaban J connectivity index is 3.02. The van der Waals surface area contributed by atoms with Crippen LogP contribution in [0.1, 0.15) is 10.4 Å². The molecule has 0 unspecified atom stereocenters. The summed E-state index contributed by atoms with van der Waals surface area (Å²) in [7, 11) is 0. The first-order chi connectivity index (χ1) is 5.77. The van der Waals surface area contributed by atoms with Gasteiger partial charge in [0.15, 0.2) is 6.29 Å². The first-order valence-electron chi connectivity index (χ1n) is 3.31. The molecule has 1 N–H and O–H groups in total. The van der Waals surface area contributed by atoms with Gasteiger partial charge in [0.1, 0.15) is 0 Å². The number of nitrogens with one attached hydrogen (secondary N) is 1. The van der Waals surface area contributed by atoms with Crippen molar-refractivity contribution in [1.82, 2.24) is 0 Å². The minimum absolute atomic E-state index is 0.573. The Morgan fingerprint density at radius 3 is 2.92 bits per heavy atom. The van der Waals surface area contributed by atoms with Gasteiger partial charge >= 0.3 is 0 Å². The van der Waals surface area contributed by atoms with Gasteiger partial charge < -0.3 is 4.72 Å². The first kappa shape index (κ1) is 9.42. The second-order valence-electron chi connectivity index (χ2n) is 2.16. The molecule has 0 saturated carbocycles. The van der Waals surface area contributed by atoms with Crippen molar-refractivity contribution in [1.29, 1.82) is 0 Å². The van der Waals surface area contributed by atoms with Crippen LogP contribution >= 0.6 is 23.5 Å². The summed E-state index contributed by atoms with van der Waals surface area (Å²) < 4.78 is 2.98. The summed E-state index contributed by atoms with van der Waals surface area (Å²) in [6.45, 7) is 0. The molecule has 0 heterocycles. The Bertz CT molecular complexity index is 290. The fourth-order valence-electron chi connectivity index (χ4n) is 0.834. The van der Waals surface area contributed by atoms with E-state index in [1.54, 1.807) is 18.2 Å². The van der Waals surface area contributed by atoms with Gasteiger partial charge in [-0.3, -0.25) is 4.79 Å². The minimum atomic E-state index is 0.573. The van der Waals surface area contributed by atoms with Crippen LogP contribution in [0, 0.1) is 0 Å². The maximum Gasteiger partial charge on any atom is 0.152 e. The van der Waals surface area contributed by atoms with Crippen LogP contribution in [-0.4, -0.2) is 12.5 Å². The molecule has 0 aromatic heterocycles. The molecule has 0 atom stereocenters. The van der Waals surface area contributed by atoms with Gasteiger partial charge in [-0.15, -0.1) is 0 Å². The largest absolute Gasteiger partial charge is 0.329 e. The zero-order valence-electron chi connectivity index (χ0n) is 6.50. The fourth-order valence-corrected chi connectivity index (χ4v) is 1.42. The molecule has 0 fully saturated rings. The lowest BCUT2D eigenvalue weighted by atomic mass is 10.2. The molecule has 0 radical (unpaired) electrons. The number of anilines is 1. The van der Waals surface area contributed by atoms with Crippen molar-refractivity contribution in [2.45, 2.75) is 0 Å². The molecule has 64 valence electrons. The summed E-state index contributed by atoms with van der Waals surface area (Å²) >= 11 is 7.14. The molecular weight excluding hydrogens is 194 g/mol. The minimum Gasteiger partial charge on any atom is -0.329 e. The van der Waals surface area contributed by atoms with Gasteiger partial charge in [0.2, 0.25) is 0 Å². The lowest BCUT2D eigenvalue weighted by molar-refractivity contribution is 0.112. The third kappa shape index (κ3) is 2.16. The van der Waals surface area contributed by atoms with Gasteiger partial charge in [0.05, 0.1) is 5.69 Å². The third-order valence-corrected chi connectivity index (χ3v) is 2.01. The average Bonchev–Trinajstić information content (AvgIpc) is 2.08. The van der Waals surface area contributed by atoms with E-state index in [-0.39, 0.29) is 0 Å². The average molecular weight is 202 g/mol. The number of rotatable bonds is 3. The quantitative estimate of drug-likeness (QED) is 0.603. The highest BCUT2D eigenvalue weighted by Crippen LogP contribution is 2.20. The van der Waals surface area contributed by atoms with E-state index in [0.29, 0.717) is 10.6 Å². The molecule has 0 bridgehead atoms. The Morgan fingerprint density at radius 1 is 1.58 bits per heavy atom. The predicted octanol–water partition coefficient (Wildman–Crippen LogP) is 2.84. The van der Waals surface area contributed by atoms with Crippen LogP contribution in [0.3, 0.4) is 0 Å². The van der Waals surface area contributed by atoms with Crippen LogP contribution in [0.15, 0.2) is 18.2 Å². The number of hydrogen-bond donors (Lipinski definition) is 1. The Kier molecular flexibility index (Phi) is 3.44. The van der Waals surface area contributed by atoms with E-state index in [1.165, 1.54) is 11.9 Å². The third-order valence-electron chi connectivity index (χ3n) is 1.35. The highest BCUT2D eigenvalue weighted by Gasteiger charge is 2.00. The number of carbonyl (C=O) groups excluding carboxylic acids is 1. The number of hydrogen-bond acceptors (Lipinski definition) is 3. The van der Waals surface area contributed by atoms with E-state index in [0.717, 1.165) is 12.0 Å². The Morgan fingerprint density at radius 2 is 2.33 bits per heavy atom. The van der Waals surface area contributed by atoms with Crippen LogP contribution < -0.4 is 4.72 Å². The lowest BCUT2D eigenvalue weighted by Crippen LogP contribution is -1.91. The SMILES string of the molecule is CSNc1ccc(Cl)cc1C=O. The van der Waals surface area contributed by atoms with Crippen molar-refractivity contribution < 1.29 is 4.79 Å². The summed E-state index contributed by atoms with van der Waals surface area (Å²) in [5, 5.41) is 0.573. The normalized spacial score (nSPS) is 9.50. The van der Waals surface area contributed by atoms with Crippen LogP contribution in [-0.2, 0) is 0 Å². The molecule has 0 aliphatic rings. The standard InChI is InChI=1S/C8H8ClNOS/c1-12-10-8-3-2-7(9)4-6(8)5-11/h2-5,10H,1H3. The molecular formula is C8H8ClNOS. The molecule has 4 heteroatoms. The number of halogens is 1. The second kappa shape index (κ2) is 4.38. The molecule has 0 spiro atoms. The van der Waals surface area contributed by atoms with Crippen LogP contribution in [0.25, 0.3) is 0 Å². The zero-order valence-corrected chi connectivity index (χ0v) is 8.08. The van der Waals surface area contributed by atoms with Gasteiger partial charge in [-0.25, -0.2) is 0 Å². The molecule has 1 aromatic rings. The molecule has 1 aromatic carbocycles. The monoisotopic (exact) mass is 201 g/mol. The molecule has 0 saturated heterocycles. The second-order valence-corrected chi connectivity index (χ2v) is 3.20. The van der Waals surface area contributed by atoms with Crippen molar-refractivity contribution in [3.05, 3.63) is 28.8 Å². The summed E-state index contributed by atoms with van der Waals surface area (Å²) in [5.74, 6) is 0. The summed E-state index contributed by atoms with van der Waals surface area (Å²) in [6.07, 6.45) is 2.67. The van der Waals surface area contributed by atoms with E-state index >= 15 is 0 Å². The van der Waals surface area contributed by atoms with Crippen molar-refractivity contribution in [3.63, 3.8) is 0 Å². The number of aldehydes is 1. The highest BCUT2D eigenvalue weighted by molar-refractivity contribution is 7.99. The van der Waals surface area contributed by atoms with E-state index < -0.39 is 0 Å². The number of carbonyl (C=O) groups is 1. The number of benzene rings is 1. The van der Waals surface area contributed by atoms with Gasteiger partial charge in [-0.05, 0) is 18.2 Å². The Hall–Kier alpha value is -0.670. The van der Waals surface area contributed by atoms with Crippen LogP contribution in [0.4, 0.5) is 5.69 Å². The van der Waals surface area contributed by atoms with E-state index in [1.807, 2.05) is 6.26 Å². The predicted molar refractivity (Wildman–Crippen MR) is 54.0 cm³/mol. The molecule has 0 aliphatic carbocycles. The molecule has 0 amide bonds. The van der Waals surface area contributed by atoms with Crippen molar-refractivity contribution >= 4 is 35.5 Å². The van der Waals surface area contributed by atoms with E-state index in [9.17, 15) is 4.79 Å². The Labute approximate surface area is 80.4 Å². The van der Waals surface area contributed by atoms with Gasteiger partial charge in [0.25, 0.3) is 0 Å².